The van der Waals surface area contributed by atoms with E-state index >= 15 is 0 Å². The number of Topliss-reactive ketones (excluding diaryl/α,β-unsaturated/α-hetero) is 1. The van der Waals surface area contributed by atoms with Crippen LogP contribution >= 0.6 is 12.2 Å². The molecule has 0 bridgehead atoms. The van der Waals surface area contributed by atoms with Crippen LogP contribution in [0.25, 0.3) is 0 Å². The van der Waals surface area contributed by atoms with E-state index in [4.69, 9.17) is 17.3 Å². The fourth-order valence-electron chi connectivity index (χ4n) is 2.65. The van der Waals surface area contributed by atoms with Crippen molar-refractivity contribution in [3.63, 3.8) is 0 Å². The van der Waals surface area contributed by atoms with E-state index < -0.39 is 5.97 Å². The largest absolute Gasteiger partial charge is 0.481 e. The van der Waals surface area contributed by atoms with E-state index in [0.717, 1.165) is 5.56 Å². The van der Waals surface area contributed by atoms with Crippen LogP contribution in [0.2, 0.25) is 0 Å². The number of carboxylic acid groups (broad SMARTS) is 1. The Hall–Kier alpha value is -1.55. The highest BCUT2D eigenvalue weighted by Gasteiger charge is 2.30. The molecule has 1 aromatic rings. The zero-order valence-corrected chi connectivity index (χ0v) is 11.4. The predicted octanol–water partition coefficient (Wildman–Crippen LogP) is 3.11. The van der Waals surface area contributed by atoms with Gasteiger partial charge in [-0.1, -0.05) is 36.5 Å². The van der Waals surface area contributed by atoms with Gasteiger partial charge in [-0.3, -0.25) is 9.59 Å². The summed E-state index contributed by atoms with van der Waals surface area (Å²) in [7, 11) is 0. The minimum absolute atomic E-state index is 0.0632. The Morgan fingerprint density at radius 1 is 1.11 bits per heavy atom. The van der Waals surface area contributed by atoms with Crippen molar-refractivity contribution in [2.45, 2.75) is 25.7 Å². The molecule has 0 radical (unpaired) electrons. The number of carboxylic acids is 1. The lowest BCUT2D eigenvalue weighted by Gasteiger charge is -2.25. The second kappa shape index (κ2) is 6.06. The van der Waals surface area contributed by atoms with Crippen molar-refractivity contribution in [1.82, 2.24) is 0 Å². The highest BCUT2D eigenvalue weighted by atomic mass is 32.1. The summed E-state index contributed by atoms with van der Waals surface area (Å²) in [5.74, 6) is -0.998. The van der Waals surface area contributed by atoms with Crippen molar-refractivity contribution in [2.24, 2.45) is 11.8 Å². The maximum absolute atomic E-state index is 12.4. The Labute approximate surface area is 117 Å². The van der Waals surface area contributed by atoms with E-state index in [-0.39, 0.29) is 17.6 Å². The first-order chi connectivity index (χ1) is 9.13. The zero-order valence-electron chi connectivity index (χ0n) is 10.5. The van der Waals surface area contributed by atoms with Crippen LogP contribution in [-0.4, -0.2) is 22.2 Å². The van der Waals surface area contributed by atoms with Gasteiger partial charge in [0.25, 0.3) is 0 Å². The van der Waals surface area contributed by atoms with Gasteiger partial charge in [-0.15, -0.1) is 0 Å². The predicted molar refractivity (Wildman–Crippen MR) is 76.6 cm³/mol. The van der Waals surface area contributed by atoms with Crippen LogP contribution in [0.4, 0.5) is 0 Å². The van der Waals surface area contributed by atoms with Crippen LogP contribution in [0.15, 0.2) is 24.3 Å². The summed E-state index contributed by atoms with van der Waals surface area (Å²) in [6.45, 7) is 0. The van der Waals surface area contributed by atoms with Crippen LogP contribution in [0, 0.1) is 11.8 Å². The molecule has 100 valence electrons. The molecule has 1 aromatic carbocycles. The Bertz CT molecular complexity index is 502. The molecule has 3 nitrogen and oxygen atoms in total. The molecule has 0 amide bonds. The zero-order chi connectivity index (χ0) is 13.8. The number of benzene rings is 1. The third-order valence-corrected chi connectivity index (χ3v) is 4.05. The number of aliphatic carboxylic acids is 1. The van der Waals surface area contributed by atoms with E-state index in [1.165, 1.54) is 5.37 Å². The SMILES string of the molecule is O=C(O)C1CCC(C(=O)c2ccccc2C=S)CC1. The van der Waals surface area contributed by atoms with Crippen LogP contribution in [0.1, 0.15) is 41.6 Å². The molecule has 1 aliphatic rings. The van der Waals surface area contributed by atoms with Gasteiger partial charge in [-0.05, 0) is 31.2 Å². The highest BCUT2D eigenvalue weighted by molar-refractivity contribution is 7.79. The molecule has 0 aliphatic heterocycles. The quantitative estimate of drug-likeness (QED) is 0.678. The molecular formula is C15H16O3S. The van der Waals surface area contributed by atoms with Gasteiger partial charge in [0, 0.05) is 16.8 Å². The van der Waals surface area contributed by atoms with E-state index in [9.17, 15) is 9.59 Å². The molecular weight excluding hydrogens is 260 g/mol. The molecule has 1 saturated carbocycles. The number of rotatable bonds is 4. The van der Waals surface area contributed by atoms with Gasteiger partial charge in [0.05, 0.1) is 5.92 Å². The Morgan fingerprint density at radius 2 is 1.68 bits per heavy atom. The Morgan fingerprint density at radius 3 is 2.26 bits per heavy atom. The van der Waals surface area contributed by atoms with E-state index in [1.54, 1.807) is 6.07 Å². The first-order valence-electron chi connectivity index (χ1n) is 6.44. The lowest BCUT2D eigenvalue weighted by Crippen LogP contribution is -2.26. The van der Waals surface area contributed by atoms with E-state index in [1.807, 2.05) is 18.2 Å². The molecule has 1 aliphatic carbocycles. The van der Waals surface area contributed by atoms with Crippen LogP contribution < -0.4 is 0 Å². The van der Waals surface area contributed by atoms with Crippen molar-refractivity contribution in [1.29, 1.82) is 0 Å². The van der Waals surface area contributed by atoms with Crippen molar-refractivity contribution in [3.05, 3.63) is 35.4 Å². The molecule has 0 unspecified atom stereocenters. The summed E-state index contributed by atoms with van der Waals surface area (Å²) >= 11 is 4.92. The van der Waals surface area contributed by atoms with E-state index in [0.29, 0.717) is 31.2 Å². The topological polar surface area (TPSA) is 54.4 Å². The number of carbonyl (C=O) groups excluding carboxylic acids is 1. The lowest BCUT2D eigenvalue weighted by atomic mass is 9.78. The molecule has 1 fully saturated rings. The average Bonchev–Trinajstić information content (AvgIpc) is 2.46. The summed E-state index contributed by atoms with van der Waals surface area (Å²) in [5.41, 5.74) is 1.44. The highest BCUT2D eigenvalue weighted by Crippen LogP contribution is 2.31. The number of hydrogen-bond acceptors (Lipinski definition) is 3. The summed E-state index contributed by atoms with van der Waals surface area (Å²) in [4.78, 5) is 23.3. The van der Waals surface area contributed by atoms with Crippen molar-refractivity contribution >= 4 is 29.3 Å². The fraction of sp³-hybridized carbons (Fsp3) is 0.400. The summed E-state index contributed by atoms with van der Waals surface area (Å²) in [6.07, 6.45) is 2.49. The van der Waals surface area contributed by atoms with Gasteiger partial charge >= 0.3 is 5.97 Å². The van der Waals surface area contributed by atoms with Gasteiger partial charge in [0.15, 0.2) is 5.78 Å². The van der Waals surface area contributed by atoms with Crippen molar-refractivity contribution < 1.29 is 14.7 Å². The van der Waals surface area contributed by atoms with Gasteiger partial charge in [-0.2, -0.15) is 0 Å². The molecule has 0 saturated heterocycles. The smallest absolute Gasteiger partial charge is 0.306 e. The third-order valence-electron chi connectivity index (χ3n) is 3.80. The van der Waals surface area contributed by atoms with Crippen molar-refractivity contribution in [3.8, 4) is 0 Å². The first kappa shape index (κ1) is 13.9. The molecule has 0 spiro atoms. The molecule has 2 rings (SSSR count). The molecule has 19 heavy (non-hydrogen) atoms. The second-order valence-corrected chi connectivity index (χ2v) is 5.19. The summed E-state index contributed by atoms with van der Waals surface area (Å²) < 4.78 is 0. The number of carbonyl (C=O) groups is 2. The Kier molecular flexibility index (Phi) is 4.43. The maximum atomic E-state index is 12.4. The minimum Gasteiger partial charge on any atom is -0.481 e. The van der Waals surface area contributed by atoms with Crippen LogP contribution in [0.3, 0.4) is 0 Å². The van der Waals surface area contributed by atoms with Crippen LogP contribution in [-0.2, 0) is 4.79 Å². The molecule has 0 aromatic heterocycles. The van der Waals surface area contributed by atoms with Gasteiger partial charge in [0.1, 0.15) is 0 Å². The average molecular weight is 276 g/mol. The van der Waals surface area contributed by atoms with Gasteiger partial charge < -0.3 is 5.11 Å². The summed E-state index contributed by atoms with van der Waals surface area (Å²) in [6, 6.07) is 7.32. The van der Waals surface area contributed by atoms with Crippen molar-refractivity contribution in [2.75, 3.05) is 0 Å². The lowest BCUT2D eigenvalue weighted by molar-refractivity contribution is -0.143. The molecule has 0 atom stereocenters. The number of thiocarbonyl (C=S) groups is 1. The first-order valence-corrected chi connectivity index (χ1v) is 6.92. The summed E-state index contributed by atoms with van der Waals surface area (Å²) in [5, 5.41) is 10.5. The molecule has 0 heterocycles. The standard InChI is InChI=1S/C15H16O3S/c16-14(13-4-2-1-3-12(13)9-19)10-5-7-11(8-6-10)15(17)18/h1-4,9-11H,5-8H2,(H,17,18). The maximum Gasteiger partial charge on any atom is 0.306 e. The molecule has 1 N–H and O–H groups in total. The van der Waals surface area contributed by atoms with Gasteiger partial charge in [-0.25, -0.2) is 0 Å². The van der Waals surface area contributed by atoms with E-state index in [2.05, 4.69) is 0 Å². The monoisotopic (exact) mass is 276 g/mol. The fourth-order valence-corrected chi connectivity index (χ4v) is 2.85. The Balaban J connectivity index is 2.09. The van der Waals surface area contributed by atoms with Crippen LogP contribution in [0.5, 0.6) is 0 Å². The number of ketones is 1. The second-order valence-electron chi connectivity index (χ2n) is 4.96. The number of hydrogen-bond donors (Lipinski definition) is 1. The third kappa shape index (κ3) is 3.07. The normalized spacial score (nSPS) is 22.7. The molecule has 4 heteroatoms. The van der Waals surface area contributed by atoms with Gasteiger partial charge in [0.2, 0.25) is 0 Å². The minimum atomic E-state index is -0.745.